The second-order valence-electron chi connectivity index (χ2n) is 4.24. The number of likely N-dealkylation sites (tertiary alicyclic amines) is 1. The van der Waals surface area contributed by atoms with Gasteiger partial charge in [0.25, 0.3) is 5.91 Å². The summed E-state index contributed by atoms with van der Waals surface area (Å²) in [6.07, 6.45) is 2.50. The topological polar surface area (TPSA) is 89.4 Å². The first-order valence-electron chi connectivity index (χ1n) is 5.58. The summed E-state index contributed by atoms with van der Waals surface area (Å²) in [5, 5.41) is 0. The van der Waals surface area contributed by atoms with Crippen LogP contribution in [-0.2, 0) is 4.79 Å². The number of carbonyl (C=O) groups excluding carboxylic acids is 2. The summed E-state index contributed by atoms with van der Waals surface area (Å²) < 4.78 is 5.06. The molecule has 6 nitrogen and oxygen atoms in total. The first-order chi connectivity index (χ1) is 8.09. The maximum absolute atomic E-state index is 12.0. The van der Waals surface area contributed by atoms with Crippen LogP contribution in [0.3, 0.4) is 0 Å². The zero-order valence-electron chi connectivity index (χ0n) is 9.68. The van der Waals surface area contributed by atoms with Crippen LogP contribution < -0.4 is 5.73 Å². The molecule has 6 heteroatoms. The minimum absolute atomic E-state index is 0.116. The Bertz CT molecular complexity index is 433. The molecule has 0 aromatic carbocycles. The van der Waals surface area contributed by atoms with Crippen molar-refractivity contribution in [2.45, 2.75) is 19.8 Å². The minimum atomic E-state index is -0.284. The van der Waals surface area contributed by atoms with Gasteiger partial charge in [0.05, 0.1) is 5.69 Å². The van der Waals surface area contributed by atoms with Crippen molar-refractivity contribution in [3.8, 4) is 0 Å². The Morgan fingerprint density at radius 3 is 2.59 bits per heavy atom. The highest BCUT2D eigenvalue weighted by Crippen LogP contribution is 2.19. The van der Waals surface area contributed by atoms with Gasteiger partial charge in [0.2, 0.25) is 11.7 Å². The van der Waals surface area contributed by atoms with Gasteiger partial charge in [-0.15, -0.1) is 0 Å². The van der Waals surface area contributed by atoms with Crippen LogP contribution in [0, 0.1) is 12.8 Å². The molecule has 2 rings (SSSR count). The number of hydrogen-bond donors (Lipinski definition) is 1. The zero-order valence-corrected chi connectivity index (χ0v) is 9.68. The molecule has 1 aromatic heterocycles. The van der Waals surface area contributed by atoms with Crippen LogP contribution in [0.2, 0.25) is 0 Å². The number of aryl methyl sites for hydroxylation is 1. The van der Waals surface area contributed by atoms with Crippen molar-refractivity contribution in [2.75, 3.05) is 13.1 Å². The molecule has 1 aromatic rings. The number of hydrogen-bond acceptors (Lipinski definition) is 4. The SMILES string of the molecule is Cc1ncoc1C(=O)N1CCC(C(N)=O)CC1. The molecule has 0 saturated carbocycles. The molecule has 0 atom stereocenters. The van der Waals surface area contributed by atoms with E-state index in [4.69, 9.17) is 10.2 Å². The second kappa shape index (κ2) is 4.57. The van der Waals surface area contributed by atoms with E-state index < -0.39 is 0 Å². The van der Waals surface area contributed by atoms with Crippen molar-refractivity contribution in [3.05, 3.63) is 17.8 Å². The molecule has 0 aliphatic carbocycles. The smallest absolute Gasteiger partial charge is 0.291 e. The van der Waals surface area contributed by atoms with Gasteiger partial charge in [0.1, 0.15) is 0 Å². The lowest BCUT2D eigenvalue weighted by Gasteiger charge is -2.29. The number of primary amides is 1. The lowest BCUT2D eigenvalue weighted by atomic mass is 9.96. The average Bonchev–Trinajstić information content (AvgIpc) is 2.74. The summed E-state index contributed by atoms with van der Waals surface area (Å²) in [6, 6.07) is 0. The van der Waals surface area contributed by atoms with E-state index >= 15 is 0 Å². The van der Waals surface area contributed by atoms with Gasteiger partial charge in [-0.3, -0.25) is 9.59 Å². The Morgan fingerprint density at radius 1 is 1.47 bits per heavy atom. The van der Waals surface area contributed by atoms with E-state index in [1.54, 1.807) is 11.8 Å². The van der Waals surface area contributed by atoms with Gasteiger partial charge in [0, 0.05) is 19.0 Å². The van der Waals surface area contributed by atoms with Crippen molar-refractivity contribution < 1.29 is 14.0 Å². The molecule has 2 N–H and O–H groups in total. The molecule has 0 bridgehead atoms. The molecule has 92 valence electrons. The first-order valence-corrected chi connectivity index (χ1v) is 5.58. The quantitative estimate of drug-likeness (QED) is 0.802. The molecule has 1 fully saturated rings. The summed E-state index contributed by atoms with van der Waals surface area (Å²) in [5.74, 6) is -0.284. The molecule has 2 amide bonds. The molecular formula is C11H15N3O3. The largest absolute Gasteiger partial charge is 0.438 e. The average molecular weight is 237 g/mol. The number of rotatable bonds is 2. The molecule has 1 aliphatic heterocycles. The Morgan fingerprint density at radius 2 is 2.12 bits per heavy atom. The molecule has 1 saturated heterocycles. The molecular weight excluding hydrogens is 222 g/mol. The van der Waals surface area contributed by atoms with Crippen LogP contribution in [0.25, 0.3) is 0 Å². The van der Waals surface area contributed by atoms with Crippen LogP contribution in [-0.4, -0.2) is 34.8 Å². The number of nitrogens with zero attached hydrogens (tertiary/aromatic N) is 2. The van der Waals surface area contributed by atoms with E-state index in [-0.39, 0.29) is 23.5 Å². The van der Waals surface area contributed by atoms with Gasteiger partial charge in [-0.25, -0.2) is 4.98 Å². The maximum atomic E-state index is 12.0. The Balaban J connectivity index is 2.00. The fourth-order valence-electron chi connectivity index (χ4n) is 2.02. The van der Waals surface area contributed by atoms with Crippen molar-refractivity contribution >= 4 is 11.8 Å². The van der Waals surface area contributed by atoms with Crippen LogP contribution in [0.4, 0.5) is 0 Å². The highest BCUT2D eigenvalue weighted by Gasteiger charge is 2.28. The molecule has 2 heterocycles. The van der Waals surface area contributed by atoms with Crippen LogP contribution >= 0.6 is 0 Å². The number of aromatic nitrogens is 1. The lowest BCUT2D eigenvalue weighted by molar-refractivity contribution is -0.123. The van der Waals surface area contributed by atoms with Gasteiger partial charge < -0.3 is 15.1 Å². The van der Waals surface area contributed by atoms with Crippen molar-refractivity contribution in [2.24, 2.45) is 11.7 Å². The predicted octanol–water partition coefficient (Wildman–Crippen LogP) is 0.321. The molecule has 1 aliphatic rings. The third-order valence-corrected chi connectivity index (χ3v) is 3.12. The highest BCUT2D eigenvalue weighted by molar-refractivity contribution is 5.92. The van der Waals surface area contributed by atoms with E-state index in [1.165, 1.54) is 6.39 Å². The highest BCUT2D eigenvalue weighted by atomic mass is 16.3. The maximum Gasteiger partial charge on any atom is 0.291 e. The summed E-state index contributed by atoms with van der Waals surface area (Å²) in [5.41, 5.74) is 5.83. The standard InChI is InChI=1S/C11H15N3O3/c1-7-9(17-6-13-7)11(16)14-4-2-8(3-5-14)10(12)15/h6,8H,2-5H2,1H3,(H2,12,15). The van der Waals surface area contributed by atoms with Gasteiger partial charge in [-0.2, -0.15) is 0 Å². The fourth-order valence-corrected chi connectivity index (χ4v) is 2.02. The summed E-state index contributed by atoms with van der Waals surface area (Å²) >= 11 is 0. The normalized spacial score (nSPS) is 17.1. The number of carbonyl (C=O) groups is 2. The number of amides is 2. The summed E-state index contributed by atoms with van der Waals surface area (Å²) in [7, 11) is 0. The van der Waals surface area contributed by atoms with E-state index in [2.05, 4.69) is 4.98 Å². The van der Waals surface area contributed by atoms with Gasteiger partial charge in [-0.1, -0.05) is 0 Å². The Kier molecular flexibility index (Phi) is 3.12. The third-order valence-electron chi connectivity index (χ3n) is 3.12. The summed E-state index contributed by atoms with van der Waals surface area (Å²) in [6.45, 7) is 2.80. The van der Waals surface area contributed by atoms with Crippen LogP contribution in [0.15, 0.2) is 10.8 Å². The van der Waals surface area contributed by atoms with Crippen LogP contribution in [0.1, 0.15) is 29.1 Å². The monoisotopic (exact) mass is 237 g/mol. The number of piperidine rings is 1. The van der Waals surface area contributed by atoms with Gasteiger partial charge >= 0.3 is 0 Å². The van der Waals surface area contributed by atoms with Gasteiger partial charge in [0.15, 0.2) is 6.39 Å². The number of oxazole rings is 1. The third kappa shape index (κ3) is 2.30. The predicted molar refractivity (Wildman–Crippen MR) is 59.1 cm³/mol. The zero-order chi connectivity index (χ0) is 12.4. The van der Waals surface area contributed by atoms with E-state index in [0.717, 1.165) is 0 Å². The van der Waals surface area contributed by atoms with Crippen molar-refractivity contribution in [1.29, 1.82) is 0 Å². The Labute approximate surface area is 98.8 Å². The van der Waals surface area contributed by atoms with Gasteiger partial charge in [-0.05, 0) is 19.8 Å². The molecule has 0 radical (unpaired) electrons. The van der Waals surface area contributed by atoms with Crippen molar-refractivity contribution in [3.63, 3.8) is 0 Å². The van der Waals surface area contributed by atoms with Crippen LogP contribution in [0.5, 0.6) is 0 Å². The van der Waals surface area contributed by atoms with E-state index in [9.17, 15) is 9.59 Å². The molecule has 0 unspecified atom stereocenters. The lowest BCUT2D eigenvalue weighted by Crippen LogP contribution is -2.41. The van der Waals surface area contributed by atoms with E-state index in [0.29, 0.717) is 31.6 Å². The first kappa shape index (κ1) is 11.6. The summed E-state index contributed by atoms with van der Waals surface area (Å²) in [4.78, 5) is 28.6. The Hall–Kier alpha value is -1.85. The van der Waals surface area contributed by atoms with Crippen molar-refractivity contribution in [1.82, 2.24) is 9.88 Å². The molecule has 0 spiro atoms. The minimum Gasteiger partial charge on any atom is -0.438 e. The second-order valence-corrected chi connectivity index (χ2v) is 4.24. The molecule has 17 heavy (non-hydrogen) atoms. The number of nitrogens with two attached hydrogens (primary N) is 1. The fraction of sp³-hybridized carbons (Fsp3) is 0.545. The van der Waals surface area contributed by atoms with E-state index in [1.807, 2.05) is 0 Å².